The molecule has 1 aliphatic heterocycles. The lowest BCUT2D eigenvalue weighted by molar-refractivity contribution is -0.159. The number of rotatable bonds is 4. The Bertz CT molecular complexity index is 862. The van der Waals surface area contributed by atoms with Crippen molar-refractivity contribution in [3.63, 3.8) is 0 Å². The van der Waals surface area contributed by atoms with Crippen molar-refractivity contribution in [1.82, 2.24) is 9.80 Å². The van der Waals surface area contributed by atoms with Gasteiger partial charge in [0.2, 0.25) is 5.91 Å². The molecule has 5 heteroatoms. The van der Waals surface area contributed by atoms with Crippen LogP contribution in [0, 0.1) is 5.82 Å². The molecule has 29 heavy (non-hydrogen) atoms. The summed E-state index contributed by atoms with van der Waals surface area (Å²) in [6.07, 6.45) is 6.32. The summed E-state index contributed by atoms with van der Waals surface area (Å²) in [5, 5.41) is 0. The van der Waals surface area contributed by atoms with Crippen LogP contribution in [0.1, 0.15) is 55.7 Å². The lowest BCUT2D eigenvalue weighted by Gasteiger charge is -2.43. The Labute approximate surface area is 171 Å². The van der Waals surface area contributed by atoms with E-state index in [0.717, 1.165) is 31.2 Å². The Morgan fingerprint density at radius 2 is 1.52 bits per heavy atom. The third kappa shape index (κ3) is 4.19. The molecule has 0 unspecified atom stereocenters. The van der Waals surface area contributed by atoms with Gasteiger partial charge < -0.3 is 9.80 Å². The number of halogens is 1. The number of carbonyl (C=O) groups excluding carboxylic acids is 2. The third-order valence-electron chi connectivity index (χ3n) is 6.12. The second kappa shape index (κ2) is 8.76. The summed E-state index contributed by atoms with van der Waals surface area (Å²) in [4.78, 5) is 30.1. The summed E-state index contributed by atoms with van der Waals surface area (Å²) in [6.45, 7) is 0.379. The first-order valence-electron chi connectivity index (χ1n) is 10.5. The fourth-order valence-electron chi connectivity index (χ4n) is 4.58. The number of benzene rings is 2. The van der Waals surface area contributed by atoms with E-state index in [2.05, 4.69) is 0 Å². The molecular weight excluding hydrogens is 367 g/mol. The zero-order valence-corrected chi connectivity index (χ0v) is 16.6. The first kappa shape index (κ1) is 19.6. The largest absolute Gasteiger partial charge is 0.328 e. The average Bonchev–Trinajstić information content (AvgIpc) is 3.02. The van der Waals surface area contributed by atoms with Gasteiger partial charge in [0.15, 0.2) is 0 Å². The van der Waals surface area contributed by atoms with Gasteiger partial charge in [-0.3, -0.25) is 9.59 Å². The van der Waals surface area contributed by atoms with Gasteiger partial charge in [0.25, 0.3) is 5.91 Å². The topological polar surface area (TPSA) is 40.6 Å². The summed E-state index contributed by atoms with van der Waals surface area (Å²) >= 11 is 0. The minimum absolute atomic E-state index is 0.0714. The number of nitrogens with zero attached hydrogens (tertiary/aromatic N) is 2. The van der Waals surface area contributed by atoms with Crippen LogP contribution in [0.5, 0.6) is 0 Å². The molecule has 1 atom stereocenters. The van der Waals surface area contributed by atoms with Crippen molar-refractivity contribution >= 4 is 11.8 Å². The van der Waals surface area contributed by atoms with Gasteiger partial charge in [0, 0.05) is 18.2 Å². The van der Waals surface area contributed by atoms with Gasteiger partial charge >= 0.3 is 0 Å². The van der Waals surface area contributed by atoms with E-state index in [1.807, 2.05) is 30.3 Å². The van der Waals surface area contributed by atoms with Gasteiger partial charge in [-0.1, -0.05) is 74.2 Å². The van der Waals surface area contributed by atoms with Crippen LogP contribution in [0.4, 0.5) is 4.39 Å². The third-order valence-corrected chi connectivity index (χ3v) is 6.12. The van der Waals surface area contributed by atoms with E-state index in [4.69, 9.17) is 0 Å². The van der Waals surface area contributed by atoms with E-state index in [9.17, 15) is 14.0 Å². The Morgan fingerprint density at radius 3 is 2.21 bits per heavy atom. The summed E-state index contributed by atoms with van der Waals surface area (Å²) in [5.41, 5.74) is 1.21. The second-order valence-corrected chi connectivity index (χ2v) is 8.04. The van der Waals surface area contributed by atoms with Crippen LogP contribution >= 0.6 is 0 Å². The van der Waals surface area contributed by atoms with E-state index < -0.39 is 11.9 Å². The molecule has 2 fully saturated rings. The second-order valence-electron chi connectivity index (χ2n) is 8.04. The van der Waals surface area contributed by atoms with Crippen LogP contribution in [-0.2, 0) is 16.1 Å². The van der Waals surface area contributed by atoms with Crippen LogP contribution in [0.2, 0.25) is 0 Å². The highest BCUT2D eigenvalue weighted by Gasteiger charge is 2.43. The summed E-state index contributed by atoms with van der Waals surface area (Å²) < 4.78 is 14.7. The standard InChI is InChI=1S/C24H27FN2O2/c25-21-15-9-8-14-20(21)23-24(29)26(19-12-6-1-2-7-13-19)17-22(28)27(23)16-18-10-4-3-5-11-18/h3-5,8-11,14-15,19,23H,1-2,6-7,12-13,16-17H2/t23-/m1/s1. The van der Waals surface area contributed by atoms with Crippen molar-refractivity contribution in [1.29, 1.82) is 0 Å². The Hall–Kier alpha value is -2.69. The van der Waals surface area contributed by atoms with Gasteiger partial charge in [-0.25, -0.2) is 4.39 Å². The van der Waals surface area contributed by atoms with E-state index in [1.165, 1.54) is 18.9 Å². The molecule has 4 rings (SSSR count). The van der Waals surface area contributed by atoms with Gasteiger partial charge in [0.1, 0.15) is 18.4 Å². The predicted molar refractivity (Wildman–Crippen MR) is 109 cm³/mol. The highest BCUT2D eigenvalue weighted by atomic mass is 19.1. The number of hydrogen-bond acceptors (Lipinski definition) is 2. The Morgan fingerprint density at radius 1 is 0.862 bits per heavy atom. The first-order valence-corrected chi connectivity index (χ1v) is 10.5. The molecule has 2 aromatic carbocycles. The molecule has 0 radical (unpaired) electrons. The van der Waals surface area contributed by atoms with E-state index in [-0.39, 0.29) is 30.0 Å². The molecule has 4 nitrogen and oxygen atoms in total. The highest BCUT2D eigenvalue weighted by molar-refractivity contribution is 5.95. The highest BCUT2D eigenvalue weighted by Crippen LogP contribution is 2.34. The van der Waals surface area contributed by atoms with Gasteiger partial charge in [0.05, 0.1) is 0 Å². The summed E-state index contributed by atoms with van der Waals surface area (Å²) in [6, 6.07) is 15.0. The molecule has 0 N–H and O–H groups in total. The smallest absolute Gasteiger partial charge is 0.250 e. The SMILES string of the molecule is O=C1[C@@H](c2ccccc2F)N(Cc2ccccc2)C(=O)CN1C1CCCCCC1. The summed E-state index contributed by atoms with van der Waals surface area (Å²) in [7, 11) is 0. The van der Waals surface area contributed by atoms with Crippen molar-refractivity contribution in [2.24, 2.45) is 0 Å². The van der Waals surface area contributed by atoms with Crippen LogP contribution in [0.25, 0.3) is 0 Å². The predicted octanol–water partition coefficient (Wildman–Crippen LogP) is 4.46. The number of hydrogen-bond donors (Lipinski definition) is 0. The molecule has 0 aromatic heterocycles. The Balaban J connectivity index is 1.69. The van der Waals surface area contributed by atoms with E-state index in [0.29, 0.717) is 6.54 Å². The van der Waals surface area contributed by atoms with E-state index >= 15 is 0 Å². The van der Waals surface area contributed by atoms with Crippen LogP contribution < -0.4 is 0 Å². The van der Waals surface area contributed by atoms with Crippen molar-refractivity contribution in [3.05, 3.63) is 71.5 Å². The van der Waals surface area contributed by atoms with E-state index in [1.54, 1.807) is 28.0 Å². The minimum atomic E-state index is -0.916. The lowest BCUT2D eigenvalue weighted by Crippen LogP contribution is -2.58. The normalized spacial score (nSPS) is 21.3. The molecule has 0 spiro atoms. The fraction of sp³-hybridized carbons (Fsp3) is 0.417. The molecule has 2 amide bonds. The van der Waals surface area contributed by atoms with Gasteiger partial charge in [-0.2, -0.15) is 0 Å². The number of amides is 2. The molecule has 1 heterocycles. The van der Waals surface area contributed by atoms with Gasteiger partial charge in [-0.15, -0.1) is 0 Å². The molecule has 2 aliphatic rings. The minimum Gasteiger partial charge on any atom is -0.328 e. The zero-order chi connectivity index (χ0) is 20.2. The van der Waals surface area contributed by atoms with Crippen molar-refractivity contribution < 1.29 is 14.0 Å². The number of carbonyl (C=O) groups is 2. The van der Waals surface area contributed by atoms with Crippen molar-refractivity contribution in [3.8, 4) is 0 Å². The maximum Gasteiger partial charge on any atom is 0.250 e. The molecular formula is C24H27FN2O2. The fourth-order valence-corrected chi connectivity index (χ4v) is 4.58. The van der Waals surface area contributed by atoms with Gasteiger partial charge in [-0.05, 0) is 24.5 Å². The van der Waals surface area contributed by atoms with Crippen molar-refractivity contribution in [2.45, 2.75) is 57.2 Å². The van der Waals surface area contributed by atoms with Crippen LogP contribution in [0.15, 0.2) is 54.6 Å². The molecule has 1 saturated carbocycles. The van der Waals surface area contributed by atoms with Crippen LogP contribution in [-0.4, -0.2) is 34.2 Å². The molecule has 0 bridgehead atoms. The first-order chi connectivity index (χ1) is 14.1. The Kier molecular flexibility index (Phi) is 5.93. The lowest BCUT2D eigenvalue weighted by atomic mass is 9.96. The summed E-state index contributed by atoms with van der Waals surface area (Å²) in [5.74, 6) is -0.720. The van der Waals surface area contributed by atoms with Crippen molar-refractivity contribution in [2.75, 3.05) is 6.54 Å². The molecule has 1 saturated heterocycles. The molecule has 2 aromatic rings. The maximum absolute atomic E-state index is 14.7. The zero-order valence-electron chi connectivity index (χ0n) is 16.6. The van der Waals surface area contributed by atoms with Crippen LogP contribution in [0.3, 0.4) is 0 Å². The molecule has 152 valence electrons. The quantitative estimate of drug-likeness (QED) is 0.719. The monoisotopic (exact) mass is 394 g/mol. The maximum atomic E-state index is 14.7. The molecule has 1 aliphatic carbocycles. The number of piperazine rings is 1. The average molecular weight is 394 g/mol.